The van der Waals surface area contributed by atoms with Gasteiger partial charge >= 0.3 is 0 Å². The lowest BCUT2D eigenvalue weighted by Gasteiger charge is -2.08. The van der Waals surface area contributed by atoms with Crippen molar-refractivity contribution >= 4 is 23.2 Å². The van der Waals surface area contributed by atoms with E-state index in [1.165, 1.54) is 5.56 Å². The molecule has 3 aromatic rings. The number of aryl methyl sites for hydroxylation is 1. The Morgan fingerprint density at radius 3 is 2.48 bits per heavy atom. The Kier molecular flexibility index (Phi) is 3.70. The Morgan fingerprint density at radius 1 is 0.952 bits per heavy atom. The van der Waals surface area contributed by atoms with E-state index in [0.717, 1.165) is 16.8 Å². The van der Waals surface area contributed by atoms with Crippen LogP contribution < -0.4 is 0 Å². The maximum atomic E-state index is 6.25. The molecule has 0 aliphatic heterocycles. The van der Waals surface area contributed by atoms with Gasteiger partial charge in [0.25, 0.3) is 0 Å². The molecule has 0 N–H and O–H groups in total. The second kappa shape index (κ2) is 5.51. The van der Waals surface area contributed by atoms with Gasteiger partial charge in [0, 0.05) is 5.56 Å². The number of hydrogen-bond donors (Lipinski definition) is 0. The largest absolute Gasteiger partial charge is 0.226 e. The molecular formula is C16H13Cl2N3. The highest BCUT2D eigenvalue weighted by Gasteiger charge is 2.15. The molecule has 0 saturated heterocycles. The first kappa shape index (κ1) is 14.1. The smallest absolute Gasteiger partial charge is 0.203 e. The van der Waals surface area contributed by atoms with E-state index in [0.29, 0.717) is 16.1 Å². The van der Waals surface area contributed by atoms with Crippen molar-refractivity contribution in [1.29, 1.82) is 0 Å². The molecule has 0 aliphatic carbocycles. The molecule has 5 heteroatoms. The molecule has 1 heterocycles. The molecule has 0 radical (unpaired) electrons. The number of halogens is 2. The van der Waals surface area contributed by atoms with Crippen LogP contribution in [0.25, 0.3) is 17.1 Å². The summed E-state index contributed by atoms with van der Waals surface area (Å²) in [7, 11) is 0. The van der Waals surface area contributed by atoms with Gasteiger partial charge in [-0.1, -0.05) is 35.9 Å². The fourth-order valence-corrected chi connectivity index (χ4v) is 2.60. The molecule has 0 atom stereocenters. The van der Waals surface area contributed by atoms with Crippen molar-refractivity contribution in [3.05, 3.63) is 63.9 Å². The van der Waals surface area contributed by atoms with E-state index in [-0.39, 0.29) is 0 Å². The molecule has 0 unspecified atom stereocenters. The van der Waals surface area contributed by atoms with Gasteiger partial charge in [0.15, 0.2) is 5.82 Å². The highest BCUT2D eigenvalue weighted by atomic mass is 35.5. The normalized spacial score (nSPS) is 10.9. The number of benzene rings is 2. The molecule has 0 bridgehead atoms. The van der Waals surface area contributed by atoms with Crippen LogP contribution in [-0.2, 0) is 0 Å². The van der Waals surface area contributed by atoms with Crippen LogP contribution in [0.5, 0.6) is 0 Å². The molecule has 21 heavy (non-hydrogen) atoms. The van der Waals surface area contributed by atoms with Crippen molar-refractivity contribution < 1.29 is 0 Å². The Balaban J connectivity index is 2.15. The summed E-state index contributed by atoms with van der Waals surface area (Å²) in [4.78, 5) is 4.32. The summed E-state index contributed by atoms with van der Waals surface area (Å²) in [5.41, 5.74) is 3.99. The van der Waals surface area contributed by atoms with Crippen LogP contribution >= 0.6 is 23.2 Å². The average Bonchev–Trinajstić information content (AvgIpc) is 2.84. The molecular weight excluding hydrogens is 305 g/mol. The number of hydrogen-bond acceptors (Lipinski definition) is 2. The molecule has 106 valence electrons. The Labute approximate surface area is 133 Å². The van der Waals surface area contributed by atoms with Crippen molar-refractivity contribution in [1.82, 2.24) is 14.8 Å². The fourth-order valence-electron chi connectivity index (χ4n) is 2.17. The highest BCUT2D eigenvalue weighted by Crippen LogP contribution is 2.28. The third-order valence-electron chi connectivity index (χ3n) is 3.49. The summed E-state index contributed by atoms with van der Waals surface area (Å²) in [5, 5.41) is 5.42. The first-order valence-corrected chi connectivity index (χ1v) is 7.27. The Hall–Kier alpha value is -1.84. The van der Waals surface area contributed by atoms with Crippen molar-refractivity contribution in [3.63, 3.8) is 0 Å². The summed E-state index contributed by atoms with van der Waals surface area (Å²) < 4.78 is 1.64. The zero-order valence-corrected chi connectivity index (χ0v) is 13.2. The number of rotatable bonds is 2. The predicted molar refractivity (Wildman–Crippen MR) is 86.3 cm³/mol. The van der Waals surface area contributed by atoms with E-state index < -0.39 is 0 Å². The Bertz CT molecular complexity index is 809. The van der Waals surface area contributed by atoms with Crippen LogP contribution in [0.4, 0.5) is 0 Å². The number of aromatic nitrogens is 3. The zero-order valence-electron chi connectivity index (χ0n) is 11.6. The first-order valence-electron chi connectivity index (χ1n) is 6.52. The van der Waals surface area contributed by atoms with Crippen molar-refractivity contribution in [2.24, 2.45) is 0 Å². The maximum absolute atomic E-state index is 6.25. The van der Waals surface area contributed by atoms with Crippen LogP contribution in [0, 0.1) is 13.8 Å². The number of nitrogens with zero attached hydrogens (tertiary/aromatic N) is 3. The van der Waals surface area contributed by atoms with Gasteiger partial charge in [-0.15, -0.1) is 5.10 Å². The lowest BCUT2D eigenvalue weighted by Crippen LogP contribution is -2.00. The molecule has 2 aromatic carbocycles. The summed E-state index contributed by atoms with van der Waals surface area (Å²) in [5.74, 6) is 0.520. The minimum atomic E-state index is 0.318. The molecule has 0 fully saturated rings. The van der Waals surface area contributed by atoms with Crippen molar-refractivity contribution in [2.75, 3.05) is 0 Å². The van der Waals surface area contributed by atoms with Crippen molar-refractivity contribution in [2.45, 2.75) is 13.8 Å². The van der Waals surface area contributed by atoms with E-state index >= 15 is 0 Å². The molecule has 0 spiro atoms. The highest BCUT2D eigenvalue weighted by molar-refractivity contribution is 6.33. The third kappa shape index (κ3) is 2.55. The Morgan fingerprint density at radius 2 is 1.71 bits per heavy atom. The van der Waals surface area contributed by atoms with Gasteiger partial charge < -0.3 is 0 Å². The molecule has 3 rings (SSSR count). The lowest BCUT2D eigenvalue weighted by atomic mass is 10.1. The van der Waals surface area contributed by atoms with Crippen LogP contribution in [-0.4, -0.2) is 14.8 Å². The predicted octanol–water partition coefficient (Wildman–Crippen LogP) is 4.86. The molecule has 1 aromatic heterocycles. The summed E-state index contributed by atoms with van der Waals surface area (Å²) in [6.45, 7) is 4.09. The van der Waals surface area contributed by atoms with Gasteiger partial charge in [-0.05, 0) is 54.8 Å². The first-order chi connectivity index (χ1) is 10.1. The summed E-state index contributed by atoms with van der Waals surface area (Å²) in [6, 6.07) is 13.5. The zero-order chi connectivity index (χ0) is 15.0. The van der Waals surface area contributed by atoms with E-state index in [1.807, 2.05) is 43.3 Å². The van der Waals surface area contributed by atoms with Gasteiger partial charge in [-0.2, -0.15) is 4.98 Å². The van der Waals surface area contributed by atoms with Crippen LogP contribution in [0.2, 0.25) is 10.3 Å². The second-order valence-electron chi connectivity index (χ2n) is 4.82. The maximum Gasteiger partial charge on any atom is 0.226 e. The average molecular weight is 318 g/mol. The summed E-state index contributed by atoms with van der Waals surface area (Å²) in [6.07, 6.45) is 0. The third-order valence-corrected chi connectivity index (χ3v) is 4.06. The SMILES string of the molecule is Cc1cccc(-n2nc(-c3ccccc3Cl)nc2Cl)c1C. The molecule has 0 amide bonds. The summed E-state index contributed by atoms with van der Waals surface area (Å²) >= 11 is 12.4. The van der Waals surface area contributed by atoms with E-state index in [4.69, 9.17) is 23.2 Å². The van der Waals surface area contributed by atoms with E-state index in [9.17, 15) is 0 Å². The van der Waals surface area contributed by atoms with Gasteiger partial charge in [0.05, 0.1) is 10.7 Å². The standard InChI is InChI=1S/C16H13Cl2N3/c1-10-6-5-9-14(11(10)2)21-16(18)19-15(20-21)12-7-3-4-8-13(12)17/h3-9H,1-2H3. The van der Waals surface area contributed by atoms with E-state index in [1.54, 1.807) is 4.68 Å². The molecule has 0 aliphatic rings. The van der Waals surface area contributed by atoms with Gasteiger partial charge in [-0.3, -0.25) is 0 Å². The fraction of sp³-hybridized carbons (Fsp3) is 0.125. The van der Waals surface area contributed by atoms with Gasteiger partial charge in [0.2, 0.25) is 5.28 Å². The second-order valence-corrected chi connectivity index (χ2v) is 5.56. The van der Waals surface area contributed by atoms with E-state index in [2.05, 4.69) is 23.1 Å². The van der Waals surface area contributed by atoms with Crippen LogP contribution in [0.15, 0.2) is 42.5 Å². The van der Waals surface area contributed by atoms with Crippen molar-refractivity contribution in [3.8, 4) is 17.1 Å². The minimum Gasteiger partial charge on any atom is -0.203 e. The molecule has 0 saturated carbocycles. The molecule has 3 nitrogen and oxygen atoms in total. The van der Waals surface area contributed by atoms with Gasteiger partial charge in [0.1, 0.15) is 0 Å². The van der Waals surface area contributed by atoms with Crippen LogP contribution in [0.1, 0.15) is 11.1 Å². The van der Waals surface area contributed by atoms with Crippen LogP contribution in [0.3, 0.4) is 0 Å². The quantitative estimate of drug-likeness (QED) is 0.676. The minimum absolute atomic E-state index is 0.318. The topological polar surface area (TPSA) is 30.7 Å². The monoisotopic (exact) mass is 317 g/mol. The lowest BCUT2D eigenvalue weighted by molar-refractivity contribution is 0.873. The van der Waals surface area contributed by atoms with Gasteiger partial charge in [-0.25, -0.2) is 4.68 Å².